The number of carbonyl (C=O) groups is 1. The third-order valence-corrected chi connectivity index (χ3v) is 4.27. The molecule has 5 heteroatoms. The second kappa shape index (κ2) is 7.27. The lowest BCUT2D eigenvalue weighted by Gasteiger charge is -2.31. The van der Waals surface area contributed by atoms with Crippen LogP contribution in [0.3, 0.4) is 0 Å². The molecule has 2 rings (SSSR count). The minimum atomic E-state index is 0.00303. The van der Waals surface area contributed by atoms with Crippen LogP contribution in [0.5, 0.6) is 0 Å². The number of nitrogens with one attached hydrogen (secondary N) is 1. The van der Waals surface area contributed by atoms with Crippen LogP contribution in [-0.2, 0) is 9.47 Å². The topological polar surface area (TPSA) is 50.8 Å². The van der Waals surface area contributed by atoms with Gasteiger partial charge in [0.05, 0.1) is 13.2 Å². The molecule has 0 aromatic rings. The number of ether oxygens (including phenoxy) is 2. The van der Waals surface area contributed by atoms with E-state index in [0.29, 0.717) is 19.1 Å². The van der Waals surface area contributed by atoms with Crippen molar-refractivity contribution in [2.24, 2.45) is 5.92 Å². The van der Waals surface area contributed by atoms with E-state index in [-0.39, 0.29) is 11.6 Å². The number of likely N-dealkylation sites (tertiary alicyclic amines) is 1. The second-order valence-corrected chi connectivity index (χ2v) is 6.46. The highest BCUT2D eigenvalue weighted by Gasteiger charge is 2.35. The van der Waals surface area contributed by atoms with Gasteiger partial charge in [-0.3, -0.25) is 0 Å². The molecule has 116 valence electrons. The summed E-state index contributed by atoms with van der Waals surface area (Å²) in [7, 11) is 0. The standard InChI is InChI=1S/C15H28N2O3/c1-15(2)6-3-8-17(15)14(18)16-7-4-9-19-11-13-5-10-20-12-13/h13H,3-12H2,1-2H3,(H,16,18)/t13-/m1/s1. The van der Waals surface area contributed by atoms with E-state index in [0.717, 1.165) is 52.0 Å². The fourth-order valence-corrected chi connectivity index (χ4v) is 2.91. The van der Waals surface area contributed by atoms with E-state index in [9.17, 15) is 4.79 Å². The van der Waals surface area contributed by atoms with Crippen molar-refractivity contribution in [3.05, 3.63) is 0 Å². The Bertz CT molecular complexity index is 314. The normalized spacial score (nSPS) is 25.1. The molecule has 2 amide bonds. The number of hydrogen-bond acceptors (Lipinski definition) is 3. The quantitative estimate of drug-likeness (QED) is 0.759. The molecule has 5 nitrogen and oxygen atoms in total. The maximum Gasteiger partial charge on any atom is 0.317 e. The zero-order valence-corrected chi connectivity index (χ0v) is 12.8. The lowest BCUT2D eigenvalue weighted by Crippen LogP contribution is -2.48. The number of amides is 2. The molecule has 0 bridgehead atoms. The predicted molar refractivity (Wildman–Crippen MR) is 77.8 cm³/mol. The lowest BCUT2D eigenvalue weighted by molar-refractivity contribution is 0.0881. The lowest BCUT2D eigenvalue weighted by atomic mass is 10.0. The molecule has 0 radical (unpaired) electrons. The first-order valence-electron chi connectivity index (χ1n) is 7.80. The van der Waals surface area contributed by atoms with E-state index in [1.54, 1.807) is 0 Å². The summed E-state index contributed by atoms with van der Waals surface area (Å²) in [4.78, 5) is 14.0. The van der Waals surface area contributed by atoms with Gasteiger partial charge in [-0.15, -0.1) is 0 Å². The van der Waals surface area contributed by atoms with Crippen LogP contribution in [0.1, 0.15) is 39.5 Å². The minimum Gasteiger partial charge on any atom is -0.381 e. The van der Waals surface area contributed by atoms with Crippen molar-refractivity contribution >= 4 is 6.03 Å². The summed E-state index contributed by atoms with van der Waals surface area (Å²) in [5.74, 6) is 0.565. The van der Waals surface area contributed by atoms with Gasteiger partial charge in [0.15, 0.2) is 0 Å². The van der Waals surface area contributed by atoms with Crippen LogP contribution in [-0.4, -0.2) is 56.0 Å². The Labute approximate surface area is 122 Å². The third-order valence-electron chi connectivity index (χ3n) is 4.27. The summed E-state index contributed by atoms with van der Waals surface area (Å²) < 4.78 is 10.9. The average Bonchev–Trinajstić information content (AvgIpc) is 3.02. The molecule has 0 unspecified atom stereocenters. The zero-order chi connectivity index (χ0) is 14.4. The highest BCUT2D eigenvalue weighted by atomic mass is 16.5. The van der Waals surface area contributed by atoms with Gasteiger partial charge in [0.25, 0.3) is 0 Å². The average molecular weight is 284 g/mol. The molecule has 2 saturated heterocycles. The fraction of sp³-hybridized carbons (Fsp3) is 0.933. The SMILES string of the molecule is CC1(C)CCCN1C(=O)NCCCOC[C@H]1CCOC1. The Morgan fingerprint density at radius 1 is 1.50 bits per heavy atom. The maximum atomic E-state index is 12.1. The van der Waals surface area contributed by atoms with Crippen LogP contribution in [0.15, 0.2) is 0 Å². The van der Waals surface area contributed by atoms with Gasteiger partial charge < -0.3 is 19.7 Å². The van der Waals surface area contributed by atoms with E-state index < -0.39 is 0 Å². The summed E-state index contributed by atoms with van der Waals surface area (Å²) in [5.41, 5.74) is 0.00303. The number of nitrogens with zero attached hydrogens (tertiary/aromatic N) is 1. The molecule has 2 fully saturated rings. The molecule has 2 heterocycles. The molecular formula is C15H28N2O3. The summed E-state index contributed by atoms with van der Waals surface area (Å²) >= 11 is 0. The smallest absolute Gasteiger partial charge is 0.317 e. The Kier molecular flexibility index (Phi) is 5.66. The first-order chi connectivity index (χ1) is 9.59. The summed E-state index contributed by atoms with van der Waals surface area (Å²) in [6.45, 7) is 9.02. The van der Waals surface area contributed by atoms with Crippen molar-refractivity contribution in [3.63, 3.8) is 0 Å². The zero-order valence-electron chi connectivity index (χ0n) is 12.8. The van der Waals surface area contributed by atoms with Gasteiger partial charge >= 0.3 is 6.03 Å². The van der Waals surface area contributed by atoms with Crippen LogP contribution in [0.4, 0.5) is 4.79 Å². The molecule has 0 saturated carbocycles. The van der Waals surface area contributed by atoms with Crippen molar-refractivity contribution in [3.8, 4) is 0 Å². The molecule has 20 heavy (non-hydrogen) atoms. The summed E-state index contributed by atoms with van der Waals surface area (Å²) in [6.07, 6.45) is 4.17. The molecule has 0 aliphatic carbocycles. The summed E-state index contributed by atoms with van der Waals surface area (Å²) in [5, 5.41) is 2.99. The van der Waals surface area contributed by atoms with Crippen molar-refractivity contribution < 1.29 is 14.3 Å². The molecule has 2 aliphatic heterocycles. The van der Waals surface area contributed by atoms with E-state index in [2.05, 4.69) is 19.2 Å². The van der Waals surface area contributed by atoms with Gasteiger partial charge in [0.1, 0.15) is 0 Å². The first kappa shape index (κ1) is 15.6. The van der Waals surface area contributed by atoms with Crippen molar-refractivity contribution in [1.82, 2.24) is 10.2 Å². The minimum absolute atomic E-state index is 0.00303. The van der Waals surface area contributed by atoms with Crippen molar-refractivity contribution in [1.29, 1.82) is 0 Å². The Morgan fingerprint density at radius 3 is 3.00 bits per heavy atom. The van der Waals surface area contributed by atoms with E-state index in [4.69, 9.17) is 9.47 Å². The first-order valence-corrected chi connectivity index (χ1v) is 7.80. The highest BCUT2D eigenvalue weighted by molar-refractivity contribution is 5.75. The van der Waals surface area contributed by atoms with Crippen LogP contribution in [0.2, 0.25) is 0 Å². The monoisotopic (exact) mass is 284 g/mol. The van der Waals surface area contributed by atoms with Gasteiger partial charge in [0.2, 0.25) is 0 Å². The number of rotatable bonds is 6. The molecule has 2 aliphatic rings. The van der Waals surface area contributed by atoms with Crippen LogP contribution < -0.4 is 5.32 Å². The van der Waals surface area contributed by atoms with Gasteiger partial charge in [-0.25, -0.2) is 4.79 Å². The largest absolute Gasteiger partial charge is 0.381 e. The van der Waals surface area contributed by atoms with E-state index in [1.165, 1.54) is 0 Å². The Morgan fingerprint density at radius 2 is 2.35 bits per heavy atom. The molecule has 1 N–H and O–H groups in total. The maximum absolute atomic E-state index is 12.1. The number of urea groups is 1. The predicted octanol–water partition coefficient (Wildman–Crippen LogP) is 2.01. The third kappa shape index (κ3) is 4.35. The van der Waals surface area contributed by atoms with Crippen molar-refractivity contribution in [2.45, 2.75) is 45.1 Å². The summed E-state index contributed by atoms with van der Waals surface area (Å²) in [6, 6.07) is 0.0664. The van der Waals surface area contributed by atoms with Gasteiger partial charge in [-0.2, -0.15) is 0 Å². The van der Waals surface area contributed by atoms with Crippen LogP contribution in [0.25, 0.3) is 0 Å². The second-order valence-electron chi connectivity index (χ2n) is 6.46. The molecule has 0 aromatic carbocycles. The molecule has 0 aromatic heterocycles. The van der Waals surface area contributed by atoms with Crippen molar-refractivity contribution in [2.75, 3.05) is 39.5 Å². The fourth-order valence-electron chi connectivity index (χ4n) is 2.91. The molecular weight excluding hydrogens is 256 g/mol. The van der Waals surface area contributed by atoms with Gasteiger partial charge in [-0.1, -0.05) is 0 Å². The van der Waals surface area contributed by atoms with E-state index in [1.807, 2.05) is 4.90 Å². The van der Waals surface area contributed by atoms with E-state index >= 15 is 0 Å². The van der Waals surface area contributed by atoms with Gasteiger partial charge in [0, 0.05) is 37.8 Å². The number of hydrogen-bond donors (Lipinski definition) is 1. The Balaban J connectivity index is 1.51. The van der Waals surface area contributed by atoms with Crippen LogP contribution >= 0.6 is 0 Å². The molecule has 1 atom stereocenters. The molecule has 0 spiro atoms. The Hall–Kier alpha value is -0.810. The van der Waals surface area contributed by atoms with Gasteiger partial charge in [-0.05, 0) is 39.5 Å². The van der Waals surface area contributed by atoms with Crippen LogP contribution in [0, 0.1) is 5.92 Å². The highest BCUT2D eigenvalue weighted by Crippen LogP contribution is 2.27. The number of carbonyl (C=O) groups excluding carboxylic acids is 1.